The Balaban J connectivity index is 2.45. The van der Waals surface area contributed by atoms with Crippen molar-refractivity contribution in [3.63, 3.8) is 0 Å². The Kier molecular flexibility index (Phi) is 2.74. The number of anilines is 1. The van der Waals surface area contributed by atoms with Crippen LogP contribution in [-0.4, -0.2) is 24.9 Å². The maximum atomic E-state index is 13.4. The zero-order valence-electron chi connectivity index (χ0n) is 8.47. The smallest absolute Gasteiger partial charge is 0.247 e. The number of piperazine rings is 1. The van der Waals surface area contributed by atoms with E-state index in [1.807, 2.05) is 0 Å². The summed E-state index contributed by atoms with van der Waals surface area (Å²) < 4.78 is 39.5. The van der Waals surface area contributed by atoms with E-state index in [0.29, 0.717) is 17.0 Å². The van der Waals surface area contributed by atoms with Crippen LogP contribution in [0.1, 0.15) is 0 Å². The fourth-order valence-corrected chi connectivity index (χ4v) is 1.55. The topological polar surface area (TPSA) is 49.4 Å². The minimum Gasteiger partial charge on any atom is -0.345 e. The standard InChI is InChI=1S/C10H7F3N2O2/c11-5-1-6(12)10(7(13)2-5)15-4-8(16)14-3-9(15)17/h1-2H,3-4H2,(H,14,16). The molecule has 7 heteroatoms. The molecule has 4 nitrogen and oxygen atoms in total. The molecule has 2 amide bonds. The summed E-state index contributed by atoms with van der Waals surface area (Å²) in [6.45, 7) is -0.826. The van der Waals surface area contributed by atoms with E-state index in [-0.39, 0.29) is 6.54 Å². The summed E-state index contributed by atoms with van der Waals surface area (Å²) in [6.07, 6.45) is 0. The third kappa shape index (κ3) is 2.08. The van der Waals surface area contributed by atoms with Gasteiger partial charge >= 0.3 is 0 Å². The first-order chi connectivity index (χ1) is 7.99. The summed E-state index contributed by atoms with van der Waals surface area (Å²) in [5, 5.41) is 2.23. The van der Waals surface area contributed by atoms with Crippen molar-refractivity contribution in [2.24, 2.45) is 0 Å². The van der Waals surface area contributed by atoms with Crippen molar-refractivity contribution in [2.75, 3.05) is 18.0 Å². The first-order valence-corrected chi connectivity index (χ1v) is 4.70. The molecule has 90 valence electrons. The monoisotopic (exact) mass is 244 g/mol. The van der Waals surface area contributed by atoms with Gasteiger partial charge in [-0.25, -0.2) is 13.2 Å². The number of halogens is 3. The minimum absolute atomic E-state index is 0.338. The van der Waals surface area contributed by atoms with Gasteiger partial charge in [-0.15, -0.1) is 0 Å². The maximum absolute atomic E-state index is 13.4. The Morgan fingerprint density at radius 3 is 2.29 bits per heavy atom. The molecule has 1 saturated heterocycles. The fraction of sp³-hybridized carbons (Fsp3) is 0.200. The minimum atomic E-state index is -1.22. The quantitative estimate of drug-likeness (QED) is 0.785. The molecule has 1 aliphatic heterocycles. The molecule has 0 aliphatic carbocycles. The molecular weight excluding hydrogens is 237 g/mol. The maximum Gasteiger partial charge on any atom is 0.247 e. The van der Waals surface area contributed by atoms with Crippen LogP contribution in [-0.2, 0) is 9.59 Å². The number of benzene rings is 1. The van der Waals surface area contributed by atoms with Crippen LogP contribution in [0, 0.1) is 17.5 Å². The molecule has 0 unspecified atom stereocenters. The summed E-state index contributed by atoms with van der Waals surface area (Å²) in [6, 6.07) is 0.913. The Morgan fingerprint density at radius 1 is 1.12 bits per heavy atom. The number of carbonyl (C=O) groups is 2. The highest BCUT2D eigenvalue weighted by atomic mass is 19.1. The summed E-state index contributed by atoms with van der Waals surface area (Å²) >= 11 is 0. The molecular formula is C10H7F3N2O2. The molecule has 0 spiro atoms. The molecule has 0 saturated carbocycles. The molecule has 17 heavy (non-hydrogen) atoms. The molecule has 1 aromatic carbocycles. The van der Waals surface area contributed by atoms with Gasteiger partial charge in [0.25, 0.3) is 0 Å². The molecule has 0 aromatic heterocycles. The van der Waals surface area contributed by atoms with Crippen molar-refractivity contribution in [1.29, 1.82) is 0 Å². The van der Waals surface area contributed by atoms with Crippen LogP contribution in [0.15, 0.2) is 12.1 Å². The highest BCUT2D eigenvalue weighted by Crippen LogP contribution is 2.25. The number of nitrogens with one attached hydrogen (secondary N) is 1. The zero-order valence-corrected chi connectivity index (χ0v) is 8.47. The summed E-state index contributed by atoms with van der Waals surface area (Å²) in [5.41, 5.74) is -0.703. The van der Waals surface area contributed by atoms with Crippen molar-refractivity contribution >= 4 is 17.5 Å². The van der Waals surface area contributed by atoms with E-state index in [1.165, 1.54) is 0 Å². The molecule has 1 N–H and O–H groups in total. The average Bonchev–Trinajstić information content (AvgIpc) is 2.21. The van der Waals surface area contributed by atoms with Crippen LogP contribution in [0.25, 0.3) is 0 Å². The SMILES string of the molecule is O=C1CN(c2c(F)cc(F)cc2F)C(=O)CN1. The van der Waals surface area contributed by atoms with Gasteiger partial charge in [0.1, 0.15) is 18.0 Å². The number of hydrogen-bond acceptors (Lipinski definition) is 2. The lowest BCUT2D eigenvalue weighted by Gasteiger charge is -2.27. The van der Waals surface area contributed by atoms with Crippen LogP contribution in [0.2, 0.25) is 0 Å². The number of carbonyl (C=O) groups excluding carboxylic acids is 2. The van der Waals surface area contributed by atoms with Crippen molar-refractivity contribution in [3.05, 3.63) is 29.6 Å². The summed E-state index contributed by atoms with van der Waals surface area (Å²) in [4.78, 5) is 23.1. The zero-order chi connectivity index (χ0) is 12.6. The molecule has 0 radical (unpaired) electrons. The Bertz CT molecular complexity index is 481. The predicted molar refractivity (Wildman–Crippen MR) is 51.7 cm³/mol. The van der Waals surface area contributed by atoms with Gasteiger partial charge in [-0.3, -0.25) is 14.5 Å². The predicted octanol–water partition coefficient (Wildman–Crippen LogP) is 0.567. The third-order valence-electron chi connectivity index (χ3n) is 2.29. The van der Waals surface area contributed by atoms with E-state index in [4.69, 9.17) is 0 Å². The summed E-state index contributed by atoms with van der Waals surface area (Å²) in [5.74, 6) is -4.71. The second-order valence-corrected chi connectivity index (χ2v) is 3.47. The molecule has 2 rings (SSSR count). The van der Waals surface area contributed by atoms with Crippen molar-refractivity contribution in [1.82, 2.24) is 5.32 Å². The lowest BCUT2D eigenvalue weighted by Crippen LogP contribution is -2.52. The average molecular weight is 244 g/mol. The Morgan fingerprint density at radius 2 is 1.71 bits per heavy atom. The number of nitrogens with zero attached hydrogens (tertiary/aromatic N) is 1. The van der Waals surface area contributed by atoms with Crippen LogP contribution in [0.4, 0.5) is 18.9 Å². The van der Waals surface area contributed by atoms with E-state index in [0.717, 1.165) is 0 Å². The second kappa shape index (κ2) is 4.08. The lowest BCUT2D eigenvalue weighted by atomic mass is 10.2. The lowest BCUT2D eigenvalue weighted by molar-refractivity contribution is -0.128. The third-order valence-corrected chi connectivity index (χ3v) is 2.29. The van der Waals surface area contributed by atoms with Crippen molar-refractivity contribution < 1.29 is 22.8 Å². The molecule has 0 atom stereocenters. The summed E-state index contributed by atoms with van der Waals surface area (Å²) in [7, 11) is 0. The van der Waals surface area contributed by atoms with Gasteiger partial charge < -0.3 is 5.32 Å². The van der Waals surface area contributed by atoms with E-state index in [9.17, 15) is 22.8 Å². The molecule has 0 bridgehead atoms. The van der Waals surface area contributed by atoms with Gasteiger partial charge in [-0.2, -0.15) is 0 Å². The fourth-order valence-electron chi connectivity index (χ4n) is 1.55. The normalized spacial score (nSPS) is 16.1. The van der Waals surface area contributed by atoms with Gasteiger partial charge in [0, 0.05) is 12.1 Å². The second-order valence-electron chi connectivity index (χ2n) is 3.47. The van der Waals surface area contributed by atoms with Gasteiger partial charge in [0.15, 0.2) is 11.6 Å². The Labute approximate surface area is 94.0 Å². The van der Waals surface area contributed by atoms with Crippen LogP contribution < -0.4 is 10.2 Å². The van der Waals surface area contributed by atoms with E-state index >= 15 is 0 Å². The largest absolute Gasteiger partial charge is 0.345 e. The van der Waals surface area contributed by atoms with Gasteiger partial charge in [0.2, 0.25) is 11.8 Å². The molecule has 1 fully saturated rings. The number of rotatable bonds is 1. The van der Waals surface area contributed by atoms with E-state index in [2.05, 4.69) is 5.32 Å². The highest BCUT2D eigenvalue weighted by molar-refractivity contribution is 6.04. The van der Waals surface area contributed by atoms with Crippen molar-refractivity contribution in [2.45, 2.75) is 0 Å². The van der Waals surface area contributed by atoms with Crippen LogP contribution in [0.5, 0.6) is 0 Å². The Hall–Kier alpha value is -2.05. The van der Waals surface area contributed by atoms with Crippen molar-refractivity contribution in [3.8, 4) is 0 Å². The molecule has 1 aromatic rings. The van der Waals surface area contributed by atoms with Crippen LogP contribution in [0.3, 0.4) is 0 Å². The van der Waals surface area contributed by atoms with E-state index in [1.54, 1.807) is 0 Å². The highest BCUT2D eigenvalue weighted by Gasteiger charge is 2.29. The first kappa shape index (κ1) is 11.4. The molecule has 1 aliphatic rings. The molecule has 1 heterocycles. The van der Waals surface area contributed by atoms with E-state index < -0.39 is 41.5 Å². The van der Waals surface area contributed by atoms with Gasteiger partial charge in [-0.1, -0.05) is 0 Å². The number of hydrogen-bond donors (Lipinski definition) is 1. The van der Waals surface area contributed by atoms with Gasteiger partial charge in [0.05, 0.1) is 6.54 Å². The number of amides is 2. The first-order valence-electron chi connectivity index (χ1n) is 4.70. The van der Waals surface area contributed by atoms with Gasteiger partial charge in [-0.05, 0) is 0 Å². The van der Waals surface area contributed by atoms with Crippen LogP contribution >= 0.6 is 0 Å².